The number of hydrogen-bond donors (Lipinski definition) is 0. The minimum absolute atomic E-state index is 0.0829. The van der Waals surface area contributed by atoms with Gasteiger partial charge in [-0.2, -0.15) is 0 Å². The summed E-state index contributed by atoms with van der Waals surface area (Å²) in [6, 6.07) is 8.25. The Morgan fingerprint density at radius 3 is 2.71 bits per heavy atom. The van der Waals surface area contributed by atoms with Crippen LogP contribution in [0.2, 0.25) is 0 Å². The zero-order valence-corrected chi connectivity index (χ0v) is 12.9. The van der Waals surface area contributed by atoms with Crippen molar-refractivity contribution in [2.45, 2.75) is 32.4 Å². The van der Waals surface area contributed by atoms with E-state index in [-0.39, 0.29) is 6.04 Å². The van der Waals surface area contributed by atoms with E-state index >= 15 is 0 Å². The molecule has 2 aliphatic rings. The largest absolute Gasteiger partial charge is 0.497 e. The maximum Gasteiger partial charge on any atom is 0.239 e. The number of methoxy groups -OCH3 is 1. The number of likely N-dealkylation sites (tertiary alicyclic amines) is 2. The molecule has 2 bridgehead atoms. The Labute approximate surface area is 126 Å². The van der Waals surface area contributed by atoms with E-state index in [9.17, 15) is 4.79 Å². The van der Waals surface area contributed by atoms with Crippen molar-refractivity contribution in [1.29, 1.82) is 0 Å². The third-order valence-electron chi connectivity index (χ3n) is 4.82. The van der Waals surface area contributed by atoms with Gasteiger partial charge in [0.05, 0.1) is 13.2 Å². The highest BCUT2D eigenvalue weighted by Crippen LogP contribution is 2.31. The Hall–Kier alpha value is -1.55. The number of nitrogens with zero attached hydrogens (tertiary/aromatic N) is 2. The molecule has 114 valence electrons. The summed E-state index contributed by atoms with van der Waals surface area (Å²) in [5.41, 5.74) is 1.25. The molecule has 0 aromatic heterocycles. The van der Waals surface area contributed by atoms with E-state index in [0.29, 0.717) is 11.8 Å². The van der Waals surface area contributed by atoms with Gasteiger partial charge in [0.15, 0.2) is 0 Å². The molecule has 0 saturated carbocycles. The number of hydrogen-bond acceptors (Lipinski definition) is 3. The minimum Gasteiger partial charge on any atom is -0.497 e. The van der Waals surface area contributed by atoms with Gasteiger partial charge in [0, 0.05) is 19.6 Å². The van der Waals surface area contributed by atoms with Crippen molar-refractivity contribution < 1.29 is 9.53 Å². The SMILES string of the molecule is CCN1C[C@H]2CCN(Cc3ccc(OC)cc3)[C@H](C2)C1=O. The van der Waals surface area contributed by atoms with Gasteiger partial charge in [-0.1, -0.05) is 12.1 Å². The number of likely N-dealkylation sites (N-methyl/N-ethyl adjacent to an activating group) is 1. The van der Waals surface area contributed by atoms with Crippen molar-refractivity contribution in [2.24, 2.45) is 5.92 Å². The lowest BCUT2D eigenvalue weighted by Gasteiger charge is -2.46. The highest BCUT2D eigenvalue weighted by Gasteiger charge is 2.40. The van der Waals surface area contributed by atoms with Crippen LogP contribution in [0.4, 0.5) is 0 Å². The van der Waals surface area contributed by atoms with Gasteiger partial charge in [-0.05, 0) is 49.9 Å². The van der Waals surface area contributed by atoms with E-state index in [2.05, 4.69) is 24.0 Å². The number of carbonyl (C=O) groups is 1. The summed E-state index contributed by atoms with van der Waals surface area (Å²) in [6.45, 7) is 5.76. The summed E-state index contributed by atoms with van der Waals surface area (Å²) in [6.07, 6.45) is 2.24. The summed E-state index contributed by atoms with van der Waals surface area (Å²) in [4.78, 5) is 16.9. The average molecular weight is 288 g/mol. The van der Waals surface area contributed by atoms with Crippen LogP contribution < -0.4 is 4.74 Å². The number of rotatable bonds is 4. The van der Waals surface area contributed by atoms with Crippen LogP contribution in [0.3, 0.4) is 0 Å². The fourth-order valence-electron chi connectivity index (χ4n) is 3.56. The molecule has 0 N–H and O–H groups in total. The fraction of sp³-hybridized carbons (Fsp3) is 0.588. The molecule has 0 spiro atoms. The summed E-state index contributed by atoms with van der Waals surface area (Å²) in [5.74, 6) is 1.89. The molecule has 1 aromatic carbocycles. The van der Waals surface area contributed by atoms with E-state index in [0.717, 1.165) is 38.3 Å². The van der Waals surface area contributed by atoms with E-state index in [1.165, 1.54) is 12.0 Å². The first-order valence-electron chi connectivity index (χ1n) is 7.87. The minimum atomic E-state index is 0.0829. The first kappa shape index (κ1) is 14.4. The van der Waals surface area contributed by atoms with Gasteiger partial charge in [0.2, 0.25) is 5.91 Å². The Morgan fingerprint density at radius 1 is 1.29 bits per heavy atom. The quantitative estimate of drug-likeness (QED) is 0.851. The lowest BCUT2D eigenvalue weighted by atomic mass is 9.85. The van der Waals surface area contributed by atoms with E-state index in [4.69, 9.17) is 4.74 Å². The molecule has 0 unspecified atom stereocenters. The number of ether oxygens (including phenoxy) is 1. The number of benzene rings is 1. The van der Waals surface area contributed by atoms with Gasteiger partial charge in [-0.15, -0.1) is 0 Å². The van der Waals surface area contributed by atoms with E-state index in [1.807, 2.05) is 17.0 Å². The van der Waals surface area contributed by atoms with Crippen molar-refractivity contribution in [2.75, 3.05) is 26.7 Å². The molecule has 0 aliphatic carbocycles. The number of fused-ring (bicyclic) bond motifs is 2. The highest BCUT2D eigenvalue weighted by molar-refractivity contribution is 5.83. The van der Waals surface area contributed by atoms with Crippen LogP contribution in [0.1, 0.15) is 25.3 Å². The van der Waals surface area contributed by atoms with Gasteiger partial charge in [0.1, 0.15) is 5.75 Å². The van der Waals surface area contributed by atoms with Crippen LogP contribution in [-0.4, -0.2) is 48.5 Å². The second kappa shape index (κ2) is 6.06. The molecule has 2 aliphatic heterocycles. The van der Waals surface area contributed by atoms with Crippen molar-refractivity contribution >= 4 is 5.91 Å². The number of carbonyl (C=O) groups excluding carboxylic acids is 1. The maximum atomic E-state index is 12.5. The van der Waals surface area contributed by atoms with Crippen LogP contribution in [0.5, 0.6) is 5.75 Å². The average Bonchev–Trinajstić information content (AvgIpc) is 2.53. The van der Waals surface area contributed by atoms with Gasteiger partial charge in [0.25, 0.3) is 0 Å². The molecule has 1 amide bonds. The van der Waals surface area contributed by atoms with Crippen molar-refractivity contribution in [3.63, 3.8) is 0 Å². The lowest BCUT2D eigenvalue weighted by Crippen LogP contribution is -2.58. The Morgan fingerprint density at radius 2 is 2.05 bits per heavy atom. The molecular formula is C17H24N2O2. The molecule has 1 aromatic rings. The van der Waals surface area contributed by atoms with Crippen molar-refractivity contribution in [3.8, 4) is 5.75 Å². The molecule has 2 heterocycles. The molecule has 2 fully saturated rings. The van der Waals surface area contributed by atoms with E-state index in [1.54, 1.807) is 7.11 Å². The molecule has 2 atom stereocenters. The first-order chi connectivity index (χ1) is 10.2. The topological polar surface area (TPSA) is 32.8 Å². The van der Waals surface area contributed by atoms with Gasteiger partial charge in [-0.3, -0.25) is 9.69 Å². The van der Waals surface area contributed by atoms with E-state index < -0.39 is 0 Å². The fourth-order valence-corrected chi connectivity index (χ4v) is 3.56. The first-order valence-corrected chi connectivity index (χ1v) is 7.87. The lowest BCUT2D eigenvalue weighted by molar-refractivity contribution is -0.145. The molecule has 3 rings (SSSR count). The number of amides is 1. The van der Waals surface area contributed by atoms with Gasteiger partial charge >= 0.3 is 0 Å². The predicted octanol–water partition coefficient (Wildman–Crippen LogP) is 2.14. The molecular weight excluding hydrogens is 264 g/mol. The van der Waals surface area contributed by atoms with Crippen molar-refractivity contribution in [3.05, 3.63) is 29.8 Å². The molecule has 4 nitrogen and oxygen atoms in total. The van der Waals surface area contributed by atoms with Crippen LogP contribution in [-0.2, 0) is 11.3 Å². The van der Waals surface area contributed by atoms with Crippen LogP contribution in [0.25, 0.3) is 0 Å². The monoisotopic (exact) mass is 288 g/mol. The van der Waals surface area contributed by atoms with Crippen molar-refractivity contribution in [1.82, 2.24) is 9.80 Å². The normalized spacial score (nSPS) is 26.0. The third kappa shape index (κ3) is 2.91. The molecule has 0 radical (unpaired) electrons. The van der Waals surface area contributed by atoms with Crippen LogP contribution in [0, 0.1) is 5.92 Å². The standard InChI is InChI=1S/C17H24N2O2/c1-3-18-12-14-8-9-19(16(10-14)17(18)20)11-13-4-6-15(21-2)7-5-13/h4-7,14,16H,3,8-12H2,1-2H3/t14-,16+/m0/s1. The second-order valence-electron chi connectivity index (χ2n) is 6.10. The Balaban J connectivity index is 1.71. The third-order valence-corrected chi connectivity index (χ3v) is 4.82. The Bertz CT molecular complexity index is 500. The summed E-state index contributed by atoms with van der Waals surface area (Å²) >= 11 is 0. The summed E-state index contributed by atoms with van der Waals surface area (Å²) < 4.78 is 5.20. The van der Waals surface area contributed by atoms with Crippen LogP contribution in [0.15, 0.2) is 24.3 Å². The zero-order chi connectivity index (χ0) is 14.8. The summed E-state index contributed by atoms with van der Waals surface area (Å²) in [7, 11) is 1.68. The predicted molar refractivity (Wildman–Crippen MR) is 82.2 cm³/mol. The van der Waals surface area contributed by atoms with Gasteiger partial charge < -0.3 is 9.64 Å². The molecule has 4 heteroatoms. The second-order valence-corrected chi connectivity index (χ2v) is 6.10. The number of piperidine rings is 2. The summed E-state index contributed by atoms with van der Waals surface area (Å²) in [5, 5.41) is 0. The highest BCUT2D eigenvalue weighted by atomic mass is 16.5. The molecule has 21 heavy (non-hydrogen) atoms. The zero-order valence-electron chi connectivity index (χ0n) is 12.9. The maximum absolute atomic E-state index is 12.5. The van der Waals surface area contributed by atoms with Gasteiger partial charge in [-0.25, -0.2) is 0 Å². The van der Waals surface area contributed by atoms with Crippen LogP contribution >= 0.6 is 0 Å². The molecule has 2 saturated heterocycles. The Kier molecular flexibility index (Phi) is 4.15. The smallest absolute Gasteiger partial charge is 0.239 e.